The number of alkyl halides is 1. The largest absolute Gasteiger partial charge is 0.326 e. The van der Waals surface area contributed by atoms with Gasteiger partial charge in [-0.25, -0.2) is 0 Å². The summed E-state index contributed by atoms with van der Waals surface area (Å²) in [6.07, 6.45) is 1.99. The lowest BCUT2D eigenvalue weighted by Crippen LogP contribution is -2.68. The minimum Gasteiger partial charge on any atom is -0.326 e. The van der Waals surface area contributed by atoms with Crippen molar-refractivity contribution in [2.75, 3.05) is 5.32 Å². The average molecular weight is 391 g/mol. The molecule has 21 heavy (non-hydrogen) atoms. The summed E-state index contributed by atoms with van der Waals surface area (Å²) in [7, 11) is 0. The Morgan fingerprint density at radius 2 is 1.90 bits per heavy atom. The van der Waals surface area contributed by atoms with Crippen LogP contribution in [-0.2, 0) is 4.79 Å². The zero-order valence-corrected chi connectivity index (χ0v) is 15.4. The van der Waals surface area contributed by atoms with Crippen LogP contribution >= 0.6 is 39.1 Å². The van der Waals surface area contributed by atoms with Gasteiger partial charge in [-0.15, -0.1) is 0 Å². The topological polar surface area (TPSA) is 29.1 Å². The Labute approximate surface area is 143 Å². The number of benzene rings is 1. The van der Waals surface area contributed by atoms with Crippen LogP contribution in [0.25, 0.3) is 0 Å². The number of fused-ring (bicyclic) bond motifs is 1. The maximum Gasteiger partial charge on any atom is 0.232 e. The first-order valence-electron chi connectivity index (χ1n) is 7.07. The predicted octanol–water partition coefficient (Wildman–Crippen LogP) is 5.52. The van der Waals surface area contributed by atoms with Crippen LogP contribution in [0.3, 0.4) is 0 Å². The first kappa shape index (κ1) is 15.6. The molecule has 5 heteroatoms. The summed E-state index contributed by atoms with van der Waals surface area (Å²) in [6, 6.07) is 5.18. The molecule has 2 nitrogen and oxygen atoms in total. The van der Waals surface area contributed by atoms with E-state index in [0.717, 1.165) is 12.8 Å². The Hall–Kier alpha value is -0.250. The number of anilines is 1. The van der Waals surface area contributed by atoms with Crippen molar-refractivity contribution in [3.63, 3.8) is 0 Å². The first-order valence-corrected chi connectivity index (χ1v) is 8.74. The highest BCUT2D eigenvalue weighted by molar-refractivity contribution is 9.09. The molecule has 3 aliphatic rings. The molecule has 3 atom stereocenters. The second-order valence-corrected chi connectivity index (χ2v) is 8.69. The molecule has 114 valence electrons. The summed E-state index contributed by atoms with van der Waals surface area (Å²) in [5.74, 6) is 0.0720. The quantitative estimate of drug-likeness (QED) is 0.661. The van der Waals surface area contributed by atoms with Crippen molar-refractivity contribution < 1.29 is 4.79 Å². The van der Waals surface area contributed by atoms with Gasteiger partial charge in [0.15, 0.2) is 0 Å². The fourth-order valence-corrected chi connectivity index (χ4v) is 6.38. The van der Waals surface area contributed by atoms with Gasteiger partial charge in [-0.2, -0.15) is 0 Å². The van der Waals surface area contributed by atoms with Crippen LogP contribution in [0.2, 0.25) is 10.0 Å². The smallest absolute Gasteiger partial charge is 0.232 e. The lowest BCUT2D eigenvalue weighted by Gasteiger charge is -2.64. The van der Waals surface area contributed by atoms with Crippen LogP contribution in [0, 0.1) is 16.2 Å². The van der Waals surface area contributed by atoms with Crippen LogP contribution in [0.15, 0.2) is 18.2 Å². The number of halogens is 3. The number of hydrogen-bond acceptors (Lipinski definition) is 1. The number of carbonyl (C=O) groups excluding carboxylic acids is 1. The highest BCUT2D eigenvalue weighted by Gasteiger charge is 2.80. The molecule has 0 aliphatic heterocycles. The van der Waals surface area contributed by atoms with Crippen LogP contribution in [-0.4, -0.2) is 10.7 Å². The van der Waals surface area contributed by atoms with Gasteiger partial charge >= 0.3 is 0 Å². The van der Waals surface area contributed by atoms with Crippen LogP contribution in [0.1, 0.15) is 33.6 Å². The van der Waals surface area contributed by atoms with E-state index in [1.807, 2.05) is 0 Å². The fraction of sp³-hybridized carbons (Fsp3) is 0.562. The highest BCUT2D eigenvalue weighted by Crippen LogP contribution is 2.79. The number of nitrogens with one attached hydrogen (secondary N) is 1. The number of carbonyl (C=O) groups is 1. The van der Waals surface area contributed by atoms with Gasteiger partial charge in [0.05, 0.1) is 15.5 Å². The van der Waals surface area contributed by atoms with Crippen molar-refractivity contribution in [2.24, 2.45) is 16.2 Å². The number of hydrogen-bond donors (Lipinski definition) is 1. The molecule has 3 fully saturated rings. The molecule has 0 spiro atoms. The van der Waals surface area contributed by atoms with Gasteiger partial charge < -0.3 is 5.32 Å². The molecule has 3 saturated carbocycles. The normalized spacial score (nSPS) is 36.2. The van der Waals surface area contributed by atoms with Gasteiger partial charge in [0.25, 0.3) is 0 Å². The molecule has 1 N–H and O–H groups in total. The van der Waals surface area contributed by atoms with Gasteiger partial charge in [-0.1, -0.05) is 59.9 Å². The molecule has 1 amide bonds. The Morgan fingerprint density at radius 1 is 1.24 bits per heavy atom. The van der Waals surface area contributed by atoms with Crippen molar-refractivity contribution in [3.8, 4) is 0 Å². The summed E-state index contributed by atoms with van der Waals surface area (Å²) in [5.41, 5.74) is 0.504. The Bertz CT molecular complexity index is 633. The van der Waals surface area contributed by atoms with Crippen molar-refractivity contribution in [1.29, 1.82) is 0 Å². The van der Waals surface area contributed by atoms with Gasteiger partial charge in [0.1, 0.15) is 0 Å². The van der Waals surface area contributed by atoms with Crippen molar-refractivity contribution >= 4 is 50.7 Å². The molecule has 0 radical (unpaired) electrons. The molecule has 3 aliphatic carbocycles. The maximum absolute atomic E-state index is 12.9. The van der Waals surface area contributed by atoms with Gasteiger partial charge in [0, 0.05) is 10.5 Å². The zero-order valence-electron chi connectivity index (χ0n) is 12.3. The lowest BCUT2D eigenvalue weighted by atomic mass is 9.43. The van der Waals surface area contributed by atoms with Crippen LogP contribution in [0.4, 0.5) is 5.69 Å². The molecule has 0 saturated heterocycles. The van der Waals surface area contributed by atoms with E-state index in [4.69, 9.17) is 23.2 Å². The van der Waals surface area contributed by atoms with Crippen molar-refractivity contribution in [2.45, 2.75) is 38.4 Å². The summed E-state index contributed by atoms with van der Waals surface area (Å²) in [6.45, 7) is 6.67. The molecule has 2 bridgehead atoms. The van der Waals surface area contributed by atoms with E-state index < -0.39 is 0 Å². The Kier molecular flexibility index (Phi) is 3.44. The molecule has 0 aromatic heterocycles. The standard InChI is InChI=1S/C16H18BrCl2NO/c1-14(2)15(3)6-7-16(14,12(15)17)13(21)20-9-4-5-10(18)11(19)8-9/h4-5,8,12H,6-7H2,1-3H3,(H,20,21). The van der Waals surface area contributed by atoms with E-state index in [0.29, 0.717) is 15.7 Å². The van der Waals surface area contributed by atoms with Crippen LogP contribution in [0.5, 0.6) is 0 Å². The maximum atomic E-state index is 12.9. The summed E-state index contributed by atoms with van der Waals surface area (Å²) in [4.78, 5) is 13.1. The molecular weight excluding hydrogens is 373 g/mol. The van der Waals surface area contributed by atoms with Crippen molar-refractivity contribution in [1.82, 2.24) is 0 Å². The predicted molar refractivity (Wildman–Crippen MR) is 91.4 cm³/mol. The number of amides is 1. The van der Waals surface area contributed by atoms with E-state index in [2.05, 4.69) is 42.0 Å². The lowest BCUT2D eigenvalue weighted by molar-refractivity contribution is -0.155. The molecular formula is C16H18BrCl2NO. The molecule has 1 aromatic carbocycles. The second kappa shape index (κ2) is 4.62. The second-order valence-electron chi connectivity index (χ2n) is 6.96. The van der Waals surface area contributed by atoms with E-state index in [1.54, 1.807) is 18.2 Å². The summed E-state index contributed by atoms with van der Waals surface area (Å²) < 4.78 is 0. The molecule has 4 rings (SSSR count). The third-order valence-corrected chi connectivity index (χ3v) is 8.69. The van der Waals surface area contributed by atoms with E-state index in [-0.39, 0.29) is 27.0 Å². The van der Waals surface area contributed by atoms with Crippen LogP contribution < -0.4 is 5.32 Å². The van der Waals surface area contributed by atoms with E-state index >= 15 is 0 Å². The molecule has 0 heterocycles. The highest BCUT2D eigenvalue weighted by atomic mass is 79.9. The van der Waals surface area contributed by atoms with E-state index in [9.17, 15) is 4.79 Å². The first-order chi connectivity index (χ1) is 9.67. The SMILES string of the molecule is CC12CCC(C(=O)Nc3ccc(Cl)c(Cl)c3)(C1Br)C2(C)C. The van der Waals surface area contributed by atoms with E-state index in [1.165, 1.54) is 0 Å². The summed E-state index contributed by atoms with van der Waals surface area (Å²) >= 11 is 15.7. The summed E-state index contributed by atoms with van der Waals surface area (Å²) in [5, 5.41) is 3.96. The minimum absolute atomic E-state index is 0.0194. The van der Waals surface area contributed by atoms with Gasteiger partial charge in [-0.3, -0.25) is 4.79 Å². The average Bonchev–Trinajstić information content (AvgIpc) is 2.82. The monoisotopic (exact) mass is 389 g/mol. The molecule has 1 aromatic rings. The Morgan fingerprint density at radius 3 is 2.38 bits per heavy atom. The number of rotatable bonds is 2. The third kappa shape index (κ3) is 1.74. The van der Waals surface area contributed by atoms with Gasteiger partial charge in [0.2, 0.25) is 5.91 Å². The third-order valence-electron chi connectivity index (χ3n) is 6.16. The zero-order chi connectivity index (χ0) is 15.6. The Balaban J connectivity index is 1.88. The van der Waals surface area contributed by atoms with Crippen molar-refractivity contribution in [3.05, 3.63) is 28.2 Å². The minimum atomic E-state index is -0.353. The van der Waals surface area contributed by atoms with Gasteiger partial charge in [-0.05, 0) is 41.9 Å². The fourth-order valence-electron chi connectivity index (χ4n) is 4.27. The molecule has 3 unspecified atom stereocenters.